The van der Waals surface area contributed by atoms with Crippen molar-refractivity contribution in [2.75, 3.05) is 18.2 Å². The minimum absolute atomic E-state index is 0.0401. The average molecular weight is 455 g/mol. The van der Waals surface area contributed by atoms with E-state index >= 15 is 0 Å². The number of nitrogens with one attached hydrogen (secondary N) is 1. The van der Waals surface area contributed by atoms with Crippen LogP contribution in [0.1, 0.15) is 16.1 Å². The lowest BCUT2D eigenvalue weighted by molar-refractivity contribution is -0.142. The van der Waals surface area contributed by atoms with Crippen LogP contribution in [0.25, 0.3) is 17.1 Å². The van der Waals surface area contributed by atoms with Crippen molar-refractivity contribution in [1.29, 1.82) is 0 Å². The SMILES string of the molecule is COc1ccc(-c2cc(C(F)(F)F)n(-c3ccc(NC(=O)c4cccc(N)c4)nn3)n2)cn1. The first kappa shape index (κ1) is 21.7. The first-order chi connectivity index (χ1) is 15.7. The maximum Gasteiger partial charge on any atom is 0.433 e. The molecule has 3 aromatic heterocycles. The standard InChI is InChI=1S/C21H16F3N7O2/c1-33-19-8-5-13(11-26-19)15-10-16(21(22,23)24)31(30-15)18-7-6-17(28-29-18)27-20(32)12-3-2-4-14(25)9-12/h2-11H,25H2,1H3,(H,27,28,32). The maximum atomic E-state index is 13.6. The van der Waals surface area contributed by atoms with E-state index in [9.17, 15) is 18.0 Å². The zero-order valence-corrected chi connectivity index (χ0v) is 17.0. The van der Waals surface area contributed by atoms with Gasteiger partial charge in [-0.3, -0.25) is 4.79 Å². The smallest absolute Gasteiger partial charge is 0.433 e. The minimum atomic E-state index is -4.70. The van der Waals surface area contributed by atoms with Gasteiger partial charge in [-0.05, 0) is 42.5 Å². The van der Waals surface area contributed by atoms with Crippen molar-refractivity contribution in [2.24, 2.45) is 0 Å². The molecule has 3 N–H and O–H groups in total. The lowest BCUT2D eigenvalue weighted by Crippen LogP contribution is -2.16. The molecule has 33 heavy (non-hydrogen) atoms. The Labute approximate surface area is 185 Å². The molecule has 4 rings (SSSR count). The minimum Gasteiger partial charge on any atom is -0.481 e. The van der Waals surface area contributed by atoms with Gasteiger partial charge in [-0.1, -0.05) is 6.07 Å². The second-order valence-electron chi connectivity index (χ2n) is 6.77. The number of nitrogens with zero attached hydrogens (tertiary/aromatic N) is 5. The highest BCUT2D eigenvalue weighted by atomic mass is 19.4. The molecule has 9 nitrogen and oxygen atoms in total. The number of anilines is 2. The van der Waals surface area contributed by atoms with E-state index in [1.807, 2.05) is 0 Å². The van der Waals surface area contributed by atoms with Crippen LogP contribution in [-0.2, 0) is 6.18 Å². The number of carbonyl (C=O) groups excluding carboxylic acids is 1. The van der Waals surface area contributed by atoms with E-state index in [2.05, 4.69) is 25.6 Å². The molecule has 0 bridgehead atoms. The van der Waals surface area contributed by atoms with Gasteiger partial charge >= 0.3 is 6.18 Å². The number of amides is 1. The predicted octanol–water partition coefficient (Wildman–Crippen LogP) is 3.59. The van der Waals surface area contributed by atoms with E-state index in [-0.39, 0.29) is 17.3 Å². The molecule has 168 valence electrons. The Morgan fingerprint density at radius 2 is 1.91 bits per heavy atom. The number of hydrogen-bond donors (Lipinski definition) is 2. The Balaban J connectivity index is 1.62. The molecule has 0 radical (unpaired) electrons. The molecule has 12 heteroatoms. The Kier molecular flexibility index (Phi) is 5.65. The number of pyridine rings is 1. The van der Waals surface area contributed by atoms with E-state index in [4.69, 9.17) is 10.5 Å². The van der Waals surface area contributed by atoms with Crippen LogP contribution in [0.2, 0.25) is 0 Å². The van der Waals surface area contributed by atoms with E-state index in [0.29, 0.717) is 27.4 Å². The van der Waals surface area contributed by atoms with Gasteiger partial charge in [0.05, 0.1) is 12.8 Å². The highest BCUT2D eigenvalue weighted by molar-refractivity contribution is 6.04. The molecule has 0 atom stereocenters. The molecule has 0 aliphatic rings. The topological polar surface area (TPSA) is 121 Å². The van der Waals surface area contributed by atoms with Gasteiger partial charge in [0.25, 0.3) is 5.91 Å². The number of nitrogen functional groups attached to an aromatic ring is 1. The fourth-order valence-corrected chi connectivity index (χ4v) is 2.92. The summed E-state index contributed by atoms with van der Waals surface area (Å²) in [5.74, 6) is -0.312. The molecule has 3 heterocycles. The number of alkyl halides is 3. The van der Waals surface area contributed by atoms with Crippen molar-refractivity contribution in [1.82, 2.24) is 25.0 Å². The van der Waals surface area contributed by atoms with Crippen LogP contribution in [-0.4, -0.2) is 38.0 Å². The van der Waals surface area contributed by atoms with Crippen molar-refractivity contribution < 1.29 is 22.7 Å². The summed E-state index contributed by atoms with van der Waals surface area (Å²) in [6, 6.07) is 12.8. The molecule has 0 fully saturated rings. The summed E-state index contributed by atoms with van der Waals surface area (Å²) in [6.07, 6.45) is -3.35. The number of rotatable bonds is 5. The number of halogens is 3. The largest absolute Gasteiger partial charge is 0.481 e. The van der Waals surface area contributed by atoms with Crippen LogP contribution >= 0.6 is 0 Å². The summed E-state index contributed by atoms with van der Waals surface area (Å²) in [7, 11) is 1.43. The Hall–Kier alpha value is -4.48. The molecule has 0 saturated heterocycles. The van der Waals surface area contributed by atoms with Gasteiger partial charge in [0.2, 0.25) is 5.88 Å². The molecular weight excluding hydrogens is 439 g/mol. The van der Waals surface area contributed by atoms with E-state index in [0.717, 1.165) is 6.07 Å². The fourth-order valence-electron chi connectivity index (χ4n) is 2.92. The Morgan fingerprint density at radius 3 is 2.52 bits per heavy atom. The lowest BCUT2D eigenvalue weighted by atomic mass is 10.2. The van der Waals surface area contributed by atoms with Gasteiger partial charge in [0, 0.05) is 29.1 Å². The van der Waals surface area contributed by atoms with Gasteiger partial charge < -0.3 is 15.8 Å². The van der Waals surface area contributed by atoms with E-state index < -0.39 is 17.8 Å². The molecule has 0 aliphatic carbocycles. The third-order valence-corrected chi connectivity index (χ3v) is 4.50. The molecule has 4 aromatic rings. The number of nitrogens with two attached hydrogens (primary N) is 1. The van der Waals surface area contributed by atoms with Crippen LogP contribution < -0.4 is 15.8 Å². The van der Waals surface area contributed by atoms with Crippen molar-refractivity contribution in [3.63, 3.8) is 0 Å². The fraction of sp³-hybridized carbons (Fsp3) is 0.0952. The van der Waals surface area contributed by atoms with Gasteiger partial charge in [0.15, 0.2) is 17.3 Å². The predicted molar refractivity (Wildman–Crippen MR) is 113 cm³/mol. The molecule has 0 aliphatic heterocycles. The number of aromatic nitrogens is 5. The summed E-state index contributed by atoms with van der Waals surface area (Å²) in [4.78, 5) is 16.3. The van der Waals surface area contributed by atoms with Crippen LogP contribution in [0, 0.1) is 0 Å². The second-order valence-corrected chi connectivity index (χ2v) is 6.77. The van der Waals surface area contributed by atoms with Crippen molar-refractivity contribution in [2.45, 2.75) is 6.18 Å². The monoisotopic (exact) mass is 455 g/mol. The summed E-state index contributed by atoms with van der Waals surface area (Å²) in [5.41, 5.74) is 5.72. The number of carbonyl (C=O) groups is 1. The quantitative estimate of drug-likeness (QED) is 0.441. The maximum absolute atomic E-state index is 13.6. The zero-order valence-electron chi connectivity index (χ0n) is 17.0. The zero-order chi connectivity index (χ0) is 23.6. The van der Waals surface area contributed by atoms with Crippen LogP contribution in [0.4, 0.5) is 24.7 Å². The normalized spacial score (nSPS) is 11.3. The van der Waals surface area contributed by atoms with Gasteiger partial charge in [-0.2, -0.15) is 18.3 Å². The third kappa shape index (κ3) is 4.74. The lowest BCUT2D eigenvalue weighted by Gasteiger charge is -2.09. The van der Waals surface area contributed by atoms with Crippen molar-refractivity contribution in [3.8, 4) is 23.0 Å². The number of methoxy groups -OCH3 is 1. The molecule has 1 aromatic carbocycles. The molecule has 1 amide bonds. The second kappa shape index (κ2) is 8.57. The van der Waals surface area contributed by atoms with Crippen molar-refractivity contribution in [3.05, 3.63) is 72.1 Å². The molecule has 0 saturated carbocycles. The number of hydrogen-bond acceptors (Lipinski definition) is 7. The van der Waals surface area contributed by atoms with Crippen LogP contribution in [0.15, 0.2) is 60.8 Å². The third-order valence-electron chi connectivity index (χ3n) is 4.50. The first-order valence-corrected chi connectivity index (χ1v) is 9.43. The molecule has 0 unspecified atom stereocenters. The van der Waals surface area contributed by atoms with E-state index in [1.165, 1.54) is 37.6 Å². The average Bonchev–Trinajstić information content (AvgIpc) is 3.26. The van der Waals surface area contributed by atoms with Gasteiger partial charge in [-0.15, -0.1) is 10.2 Å². The molecule has 0 spiro atoms. The van der Waals surface area contributed by atoms with Crippen molar-refractivity contribution >= 4 is 17.4 Å². The number of benzene rings is 1. The van der Waals surface area contributed by atoms with Gasteiger partial charge in [-0.25, -0.2) is 9.67 Å². The Bertz CT molecular complexity index is 1290. The van der Waals surface area contributed by atoms with Crippen LogP contribution in [0.3, 0.4) is 0 Å². The van der Waals surface area contributed by atoms with Gasteiger partial charge in [0.1, 0.15) is 0 Å². The highest BCUT2D eigenvalue weighted by Gasteiger charge is 2.37. The Morgan fingerprint density at radius 1 is 1.09 bits per heavy atom. The molecular formula is C21H16F3N7O2. The van der Waals surface area contributed by atoms with Crippen LogP contribution in [0.5, 0.6) is 5.88 Å². The van der Waals surface area contributed by atoms with E-state index in [1.54, 1.807) is 24.3 Å². The highest BCUT2D eigenvalue weighted by Crippen LogP contribution is 2.33. The first-order valence-electron chi connectivity index (χ1n) is 9.43. The summed E-state index contributed by atoms with van der Waals surface area (Å²) >= 11 is 0. The summed E-state index contributed by atoms with van der Waals surface area (Å²) < 4.78 is 46.5. The summed E-state index contributed by atoms with van der Waals surface area (Å²) in [6.45, 7) is 0. The summed E-state index contributed by atoms with van der Waals surface area (Å²) in [5, 5.41) is 14.1. The number of ether oxygens (including phenoxy) is 1.